The number of carbonyl (C=O) groups excluding carboxylic acids is 2. The van der Waals surface area contributed by atoms with Crippen molar-refractivity contribution in [3.05, 3.63) is 23.5 Å². The van der Waals surface area contributed by atoms with Crippen molar-refractivity contribution in [3.8, 4) is 0 Å². The SMILES string of the molecule is COC(=O)c1cn(C(=O)OC)cc1C. The molecule has 0 bridgehead atoms. The lowest BCUT2D eigenvalue weighted by molar-refractivity contribution is 0.0600. The van der Waals surface area contributed by atoms with Crippen LogP contribution in [0.5, 0.6) is 0 Å². The lowest BCUT2D eigenvalue weighted by atomic mass is 10.2. The van der Waals surface area contributed by atoms with Crippen LogP contribution < -0.4 is 0 Å². The summed E-state index contributed by atoms with van der Waals surface area (Å²) in [5.74, 6) is -0.467. The third kappa shape index (κ3) is 1.76. The van der Waals surface area contributed by atoms with Gasteiger partial charge >= 0.3 is 12.1 Å². The highest BCUT2D eigenvalue weighted by molar-refractivity contribution is 5.91. The summed E-state index contributed by atoms with van der Waals surface area (Å²) in [4.78, 5) is 22.2. The van der Waals surface area contributed by atoms with Crippen molar-refractivity contribution in [1.82, 2.24) is 4.57 Å². The third-order valence-corrected chi connectivity index (χ3v) is 1.82. The first-order chi connectivity index (χ1) is 6.60. The molecule has 14 heavy (non-hydrogen) atoms. The van der Waals surface area contributed by atoms with E-state index < -0.39 is 12.1 Å². The van der Waals surface area contributed by atoms with Gasteiger partial charge in [0.05, 0.1) is 19.8 Å². The summed E-state index contributed by atoms with van der Waals surface area (Å²) in [5, 5.41) is 0. The van der Waals surface area contributed by atoms with Gasteiger partial charge in [-0.05, 0) is 12.5 Å². The molecule has 1 heterocycles. The van der Waals surface area contributed by atoms with E-state index in [1.54, 1.807) is 6.92 Å². The first kappa shape index (κ1) is 10.3. The second-order valence-electron chi connectivity index (χ2n) is 2.72. The second kappa shape index (κ2) is 3.95. The molecule has 0 atom stereocenters. The molecule has 0 radical (unpaired) electrons. The number of hydrogen-bond donors (Lipinski definition) is 0. The number of carbonyl (C=O) groups is 2. The molecule has 5 heteroatoms. The number of methoxy groups -OCH3 is 2. The van der Waals surface area contributed by atoms with Gasteiger partial charge in [-0.25, -0.2) is 9.59 Å². The lowest BCUT2D eigenvalue weighted by Gasteiger charge is -1.97. The van der Waals surface area contributed by atoms with Crippen LogP contribution in [-0.4, -0.2) is 30.8 Å². The normalized spacial score (nSPS) is 9.64. The summed E-state index contributed by atoms with van der Waals surface area (Å²) >= 11 is 0. The third-order valence-electron chi connectivity index (χ3n) is 1.82. The molecule has 5 nitrogen and oxygen atoms in total. The Hall–Kier alpha value is -1.78. The predicted octanol–water partition coefficient (Wildman–Crippen LogP) is 1.20. The summed E-state index contributed by atoms with van der Waals surface area (Å²) < 4.78 is 10.2. The Kier molecular flexibility index (Phi) is 2.91. The molecule has 1 rings (SSSR count). The topological polar surface area (TPSA) is 57.5 Å². The highest BCUT2D eigenvalue weighted by Crippen LogP contribution is 2.10. The van der Waals surface area contributed by atoms with E-state index in [1.807, 2.05) is 0 Å². The van der Waals surface area contributed by atoms with Crippen molar-refractivity contribution >= 4 is 12.1 Å². The molecule has 0 saturated heterocycles. The van der Waals surface area contributed by atoms with Crippen LogP contribution in [0.15, 0.2) is 12.4 Å². The van der Waals surface area contributed by atoms with E-state index in [4.69, 9.17) is 0 Å². The van der Waals surface area contributed by atoms with E-state index in [1.165, 1.54) is 31.2 Å². The van der Waals surface area contributed by atoms with Crippen LogP contribution in [0.25, 0.3) is 0 Å². The van der Waals surface area contributed by atoms with E-state index in [0.29, 0.717) is 11.1 Å². The zero-order valence-corrected chi connectivity index (χ0v) is 8.23. The largest absolute Gasteiger partial charge is 0.465 e. The van der Waals surface area contributed by atoms with Crippen LogP contribution in [-0.2, 0) is 9.47 Å². The summed E-state index contributed by atoms with van der Waals surface area (Å²) in [7, 11) is 2.56. The molecule has 0 aliphatic rings. The van der Waals surface area contributed by atoms with Gasteiger partial charge in [0.15, 0.2) is 0 Å². The number of hydrogen-bond acceptors (Lipinski definition) is 4. The highest BCUT2D eigenvalue weighted by atomic mass is 16.5. The Labute approximate surface area is 81.2 Å². The summed E-state index contributed by atoms with van der Waals surface area (Å²) in [5.41, 5.74) is 1.03. The smallest absolute Gasteiger partial charge is 0.417 e. The Morgan fingerprint density at radius 3 is 2.36 bits per heavy atom. The number of aryl methyl sites for hydroxylation is 1. The Balaban J connectivity index is 3.05. The van der Waals surface area contributed by atoms with Gasteiger partial charge in [-0.1, -0.05) is 0 Å². The molecule has 0 N–H and O–H groups in total. The number of nitrogens with zero attached hydrogens (tertiary/aromatic N) is 1. The molecule has 76 valence electrons. The van der Waals surface area contributed by atoms with Gasteiger partial charge < -0.3 is 9.47 Å². The molecule has 0 fully saturated rings. The summed E-state index contributed by atoms with van der Waals surface area (Å²) in [6.07, 6.45) is 2.36. The van der Waals surface area contributed by atoms with Crippen LogP contribution in [0.3, 0.4) is 0 Å². The van der Waals surface area contributed by atoms with Crippen LogP contribution in [0.1, 0.15) is 15.9 Å². The molecule has 1 aromatic rings. The van der Waals surface area contributed by atoms with Crippen molar-refractivity contribution in [2.45, 2.75) is 6.92 Å². The quantitative estimate of drug-likeness (QED) is 0.634. The molecule has 0 aliphatic carbocycles. The van der Waals surface area contributed by atoms with Crippen LogP contribution in [0.2, 0.25) is 0 Å². The van der Waals surface area contributed by atoms with Crippen molar-refractivity contribution < 1.29 is 19.1 Å². The average molecular weight is 197 g/mol. The highest BCUT2D eigenvalue weighted by Gasteiger charge is 2.14. The van der Waals surface area contributed by atoms with Gasteiger partial charge in [-0.2, -0.15) is 0 Å². The van der Waals surface area contributed by atoms with Crippen LogP contribution in [0.4, 0.5) is 4.79 Å². The van der Waals surface area contributed by atoms with E-state index in [-0.39, 0.29) is 0 Å². The van der Waals surface area contributed by atoms with Crippen molar-refractivity contribution in [1.29, 1.82) is 0 Å². The molecule has 0 aliphatic heterocycles. The summed E-state index contributed by atoms with van der Waals surface area (Å²) in [6, 6.07) is 0. The lowest BCUT2D eigenvalue weighted by Crippen LogP contribution is -2.09. The van der Waals surface area contributed by atoms with Gasteiger partial charge in [0, 0.05) is 12.4 Å². The van der Waals surface area contributed by atoms with Crippen LogP contribution >= 0.6 is 0 Å². The van der Waals surface area contributed by atoms with Crippen molar-refractivity contribution in [2.75, 3.05) is 14.2 Å². The van der Waals surface area contributed by atoms with E-state index in [9.17, 15) is 9.59 Å². The number of rotatable bonds is 1. The zero-order chi connectivity index (χ0) is 10.7. The van der Waals surface area contributed by atoms with E-state index >= 15 is 0 Å². The molecule has 0 unspecified atom stereocenters. The standard InChI is InChI=1S/C9H11NO4/c1-6-4-10(9(12)14-3)5-7(6)8(11)13-2/h4-5H,1-3H3. The monoisotopic (exact) mass is 197 g/mol. The van der Waals surface area contributed by atoms with E-state index in [0.717, 1.165) is 0 Å². The van der Waals surface area contributed by atoms with E-state index in [2.05, 4.69) is 9.47 Å². The fraction of sp³-hybridized carbons (Fsp3) is 0.333. The minimum absolute atomic E-state index is 0.359. The van der Waals surface area contributed by atoms with Gasteiger partial charge in [0.2, 0.25) is 0 Å². The maximum atomic E-state index is 11.2. The molecular formula is C9H11NO4. The molecule has 0 saturated carbocycles. The Morgan fingerprint density at radius 1 is 1.21 bits per heavy atom. The maximum Gasteiger partial charge on any atom is 0.417 e. The number of esters is 1. The number of aromatic nitrogens is 1. The Bertz CT molecular complexity index is 367. The van der Waals surface area contributed by atoms with Crippen molar-refractivity contribution in [2.24, 2.45) is 0 Å². The molecule has 0 aromatic carbocycles. The minimum Gasteiger partial charge on any atom is -0.465 e. The molecule has 0 amide bonds. The average Bonchev–Trinajstić information content (AvgIpc) is 2.58. The minimum atomic E-state index is -0.539. The molecule has 0 spiro atoms. The van der Waals surface area contributed by atoms with Gasteiger partial charge in [0.1, 0.15) is 0 Å². The number of ether oxygens (including phenoxy) is 2. The fourth-order valence-corrected chi connectivity index (χ4v) is 1.09. The van der Waals surface area contributed by atoms with Gasteiger partial charge in [-0.3, -0.25) is 4.57 Å². The maximum absolute atomic E-state index is 11.2. The predicted molar refractivity (Wildman–Crippen MR) is 48.3 cm³/mol. The van der Waals surface area contributed by atoms with Gasteiger partial charge in [-0.15, -0.1) is 0 Å². The van der Waals surface area contributed by atoms with Crippen LogP contribution in [0, 0.1) is 6.92 Å². The van der Waals surface area contributed by atoms with Crippen molar-refractivity contribution in [3.63, 3.8) is 0 Å². The second-order valence-corrected chi connectivity index (χ2v) is 2.72. The summed E-state index contributed by atoms with van der Waals surface area (Å²) in [6.45, 7) is 1.71. The molecule has 1 aromatic heterocycles. The first-order valence-electron chi connectivity index (χ1n) is 3.95. The fourth-order valence-electron chi connectivity index (χ4n) is 1.09. The first-order valence-corrected chi connectivity index (χ1v) is 3.95. The Morgan fingerprint density at radius 2 is 1.86 bits per heavy atom. The molecular weight excluding hydrogens is 186 g/mol. The van der Waals surface area contributed by atoms with Gasteiger partial charge in [0.25, 0.3) is 0 Å². The zero-order valence-electron chi connectivity index (χ0n) is 8.23.